The number of thioether (sulfide) groups is 1. The summed E-state index contributed by atoms with van der Waals surface area (Å²) in [5, 5.41) is 12.6. The highest BCUT2D eigenvalue weighted by Crippen LogP contribution is 2.21. The van der Waals surface area contributed by atoms with Gasteiger partial charge in [-0.2, -0.15) is 0 Å². The first kappa shape index (κ1) is 20.2. The van der Waals surface area contributed by atoms with E-state index in [1.54, 1.807) is 24.3 Å². The molecule has 1 aromatic heterocycles. The quantitative estimate of drug-likeness (QED) is 0.578. The summed E-state index contributed by atoms with van der Waals surface area (Å²) >= 11 is 7.20. The van der Waals surface area contributed by atoms with Gasteiger partial charge in [0.15, 0.2) is 11.0 Å². The van der Waals surface area contributed by atoms with Crippen molar-refractivity contribution in [3.63, 3.8) is 0 Å². The maximum atomic E-state index is 12.3. The number of hydrogen-bond acceptors (Lipinski definition) is 5. The van der Waals surface area contributed by atoms with Crippen LogP contribution in [-0.4, -0.2) is 26.4 Å². The van der Waals surface area contributed by atoms with E-state index in [0.717, 1.165) is 16.8 Å². The molecule has 0 spiro atoms. The molecule has 2 aromatic carbocycles. The Morgan fingerprint density at radius 1 is 1.18 bits per heavy atom. The van der Waals surface area contributed by atoms with Crippen LogP contribution in [0.25, 0.3) is 0 Å². The van der Waals surface area contributed by atoms with Crippen LogP contribution < -0.4 is 10.1 Å². The lowest BCUT2D eigenvalue weighted by Crippen LogP contribution is -2.15. The third-order valence-electron chi connectivity index (χ3n) is 4.32. The molecule has 0 saturated carbocycles. The summed E-state index contributed by atoms with van der Waals surface area (Å²) in [6.07, 6.45) is 0. The van der Waals surface area contributed by atoms with Crippen LogP contribution in [0.1, 0.15) is 17.0 Å². The maximum Gasteiger partial charge on any atom is 0.234 e. The Morgan fingerprint density at radius 2 is 1.93 bits per heavy atom. The van der Waals surface area contributed by atoms with Gasteiger partial charge in [0.05, 0.1) is 5.75 Å². The van der Waals surface area contributed by atoms with Crippen LogP contribution in [0.4, 0.5) is 5.69 Å². The van der Waals surface area contributed by atoms with E-state index in [1.165, 1.54) is 11.8 Å². The fraction of sp³-hybridized carbons (Fsp3) is 0.250. The van der Waals surface area contributed by atoms with Crippen LogP contribution in [0, 0.1) is 13.8 Å². The molecule has 0 aliphatic heterocycles. The summed E-state index contributed by atoms with van der Waals surface area (Å²) in [6, 6.07) is 13.0. The Kier molecular flexibility index (Phi) is 6.59. The molecule has 8 heteroatoms. The molecule has 1 N–H and O–H groups in total. The molecule has 0 atom stereocenters. The molecule has 0 unspecified atom stereocenters. The highest BCUT2D eigenvalue weighted by molar-refractivity contribution is 7.99. The predicted octanol–water partition coefficient (Wildman–Crippen LogP) is 4.40. The summed E-state index contributed by atoms with van der Waals surface area (Å²) in [4.78, 5) is 12.3. The molecule has 6 nitrogen and oxygen atoms in total. The standard InChI is InChI=1S/C20H21ClN4O2S/c1-13-5-4-6-17(14(13)2)22-19(26)12-28-20-24-23-18(25(20)3)11-27-16-9-7-15(21)8-10-16/h4-10H,11-12H2,1-3H3,(H,22,26). The average molecular weight is 417 g/mol. The molecule has 0 fully saturated rings. The van der Waals surface area contributed by atoms with Gasteiger partial charge in [-0.25, -0.2) is 0 Å². The van der Waals surface area contributed by atoms with E-state index in [2.05, 4.69) is 15.5 Å². The fourth-order valence-corrected chi connectivity index (χ4v) is 3.33. The van der Waals surface area contributed by atoms with Crippen LogP contribution in [-0.2, 0) is 18.4 Å². The van der Waals surface area contributed by atoms with E-state index in [-0.39, 0.29) is 18.3 Å². The second-order valence-corrected chi connectivity index (χ2v) is 7.66. The van der Waals surface area contributed by atoms with Crippen LogP contribution in [0.5, 0.6) is 5.75 Å². The summed E-state index contributed by atoms with van der Waals surface area (Å²) in [5.41, 5.74) is 3.05. The van der Waals surface area contributed by atoms with Gasteiger partial charge < -0.3 is 14.6 Å². The number of carbonyl (C=O) groups excluding carboxylic acids is 1. The zero-order valence-corrected chi connectivity index (χ0v) is 17.5. The van der Waals surface area contributed by atoms with Crippen LogP contribution in [0.2, 0.25) is 5.02 Å². The second-order valence-electron chi connectivity index (χ2n) is 6.28. The Balaban J connectivity index is 1.54. The molecular formula is C20H21ClN4O2S. The third kappa shape index (κ3) is 5.05. The fourth-order valence-electron chi connectivity index (χ4n) is 2.48. The first-order valence-corrected chi connectivity index (χ1v) is 10.1. The molecule has 0 aliphatic rings. The van der Waals surface area contributed by atoms with Crippen molar-refractivity contribution in [2.75, 3.05) is 11.1 Å². The Hall–Kier alpha value is -2.51. The van der Waals surface area contributed by atoms with E-state index < -0.39 is 0 Å². The van der Waals surface area contributed by atoms with Gasteiger partial charge in [0.2, 0.25) is 5.91 Å². The molecule has 28 heavy (non-hydrogen) atoms. The van der Waals surface area contributed by atoms with Crippen LogP contribution in [0.15, 0.2) is 47.6 Å². The van der Waals surface area contributed by atoms with E-state index in [4.69, 9.17) is 16.3 Å². The number of nitrogens with one attached hydrogen (secondary N) is 1. The van der Waals surface area contributed by atoms with Gasteiger partial charge in [0.25, 0.3) is 0 Å². The zero-order chi connectivity index (χ0) is 20.1. The van der Waals surface area contributed by atoms with Crippen molar-refractivity contribution >= 4 is 35.0 Å². The smallest absolute Gasteiger partial charge is 0.234 e. The number of rotatable bonds is 7. The van der Waals surface area contributed by atoms with Crippen molar-refractivity contribution < 1.29 is 9.53 Å². The average Bonchev–Trinajstić information content (AvgIpc) is 3.03. The lowest BCUT2D eigenvalue weighted by molar-refractivity contribution is -0.113. The van der Waals surface area contributed by atoms with Gasteiger partial charge in [-0.3, -0.25) is 4.79 Å². The monoisotopic (exact) mass is 416 g/mol. The molecule has 1 amide bonds. The minimum Gasteiger partial charge on any atom is -0.486 e. The van der Waals surface area contributed by atoms with Crippen molar-refractivity contribution in [3.05, 3.63) is 64.4 Å². The summed E-state index contributed by atoms with van der Waals surface area (Å²) in [5.74, 6) is 1.54. The number of hydrogen-bond donors (Lipinski definition) is 1. The zero-order valence-electron chi connectivity index (χ0n) is 15.9. The number of nitrogens with zero attached hydrogens (tertiary/aromatic N) is 3. The van der Waals surface area contributed by atoms with Crippen LogP contribution >= 0.6 is 23.4 Å². The van der Waals surface area contributed by atoms with Gasteiger partial charge in [-0.15, -0.1) is 10.2 Å². The number of carbonyl (C=O) groups is 1. The van der Waals surface area contributed by atoms with Crippen molar-refractivity contribution in [1.29, 1.82) is 0 Å². The lowest BCUT2D eigenvalue weighted by atomic mass is 10.1. The van der Waals surface area contributed by atoms with Crippen molar-refractivity contribution in [2.24, 2.45) is 7.05 Å². The maximum absolute atomic E-state index is 12.3. The minimum absolute atomic E-state index is 0.0827. The van der Waals surface area contributed by atoms with Crippen molar-refractivity contribution in [1.82, 2.24) is 14.8 Å². The highest BCUT2D eigenvalue weighted by atomic mass is 35.5. The van der Waals surface area contributed by atoms with E-state index >= 15 is 0 Å². The summed E-state index contributed by atoms with van der Waals surface area (Å²) in [7, 11) is 1.85. The topological polar surface area (TPSA) is 69.0 Å². The van der Waals surface area contributed by atoms with Crippen molar-refractivity contribution in [3.8, 4) is 5.75 Å². The molecule has 0 saturated heterocycles. The van der Waals surface area contributed by atoms with Gasteiger partial charge in [-0.05, 0) is 55.3 Å². The van der Waals surface area contributed by atoms with E-state index in [1.807, 2.05) is 43.7 Å². The molecule has 3 rings (SSSR count). The molecule has 1 heterocycles. The first-order chi connectivity index (χ1) is 13.4. The molecule has 3 aromatic rings. The molecule has 0 bridgehead atoms. The van der Waals surface area contributed by atoms with Gasteiger partial charge >= 0.3 is 0 Å². The number of aromatic nitrogens is 3. The predicted molar refractivity (Wildman–Crippen MR) is 112 cm³/mol. The van der Waals surface area contributed by atoms with E-state index in [0.29, 0.717) is 21.8 Å². The summed E-state index contributed by atoms with van der Waals surface area (Å²) in [6.45, 7) is 4.29. The molecule has 0 radical (unpaired) electrons. The summed E-state index contributed by atoms with van der Waals surface area (Å²) < 4.78 is 7.52. The van der Waals surface area contributed by atoms with E-state index in [9.17, 15) is 4.79 Å². The van der Waals surface area contributed by atoms with Crippen molar-refractivity contribution in [2.45, 2.75) is 25.6 Å². The highest BCUT2D eigenvalue weighted by Gasteiger charge is 2.13. The number of aryl methyl sites for hydroxylation is 1. The SMILES string of the molecule is Cc1cccc(NC(=O)CSc2nnc(COc3ccc(Cl)cc3)n2C)c1C. The second kappa shape index (κ2) is 9.12. The Labute approximate surface area is 173 Å². The largest absolute Gasteiger partial charge is 0.486 e. The molecule has 146 valence electrons. The Bertz CT molecular complexity index is 973. The normalized spacial score (nSPS) is 10.7. The third-order valence-corrected chi connectivity index (χ3v) is 5.59. The van der Waals surface area contributed by atoms with Gasteiger partial charge in [0.1, 0.15) is 12.4 Å². The minimum atomic E-state index is -0.0827. The first-order valence-electron chi connectivity index (χ1n) is 8.69. The number of anilines is 1. The van der Waals surface area contributed by atoms with Gasteiger partial charge in [0, 0.05) is 17.8 Å². The van der Waals surface area contributed by atoms with Gasteiger partial charge in [-0.1, -0.05) is 35.5 Å². The number of halogens is 1. The number of ether oxygens (including phenoxy) is 1. The lowest BCUT2D eigenvalue weighted by Gasteiger charge is -2.10. The molecular weight excluding hydrogens is 396 g/mol. The number of benzene rings is 2. The van der Waals surface area contributed by atoms with Crippen LogP contribution in [0.3, 0.4) is 0 Å². The molecule has 0 aliphatic carbocycles. The Morgan fingerprint density at radius 3 is 2.68 bits per heavy atom. The number of amides is 1.